The lowest BCUT2D eigenvalue weighted by Gasteiger charge is -2.39. The van der Waals surface area contributed by atoms with Gasteiger partial charge in [-0.15, -0.1) is 0 Å². The highest BCUT2D eigenvalue weighted by atomic mass is 28.4. The van der Waals surface area contributed by atoms with Crippen LogP contribution in [0.3, 0.4) is 0 Å². The first-order valence-corrected chi connectivity index (χ1v) is 8.83. The largest absolute Gasteiger partial charge is 0.414 e. The molecule has 90 valence electrons. The maximum Gasteiger partial charge on any atom is 0.192 e. The average molecular weight is 228 g/mol. The van der Waals surface area contributed by atoms with Crippen molar-refractivity contribution in [2.45, 2.75) is 65.8 Å². The fourth-order valence-corrected chi connectivity index (χ4v) is 2.71. The van der Waals surface area contributed by atoms with E-state index in [2.05, 4.69) is 66.8 Å². The van der Waals surface area contributed by atoms with Crippen molar-refractivity contribution in [3.63, 3.8) is 0 Å². The highest BCUT2D eigenvalue weighted by Gasteiger charge is 2.38. The minimum Gasteiger partial charge on any atom is -0.414 e. The maximum atomic E-state index is 6.30. The molecule has 0 aliphatic heterocycles. The summed E-state index contributed by atoms with van der Waals surface area (Å²) in [5, 5.41) is 0.302. The second-order valence-electron chi connectivity index (χ2n) is 5.97. The van der Waals surface area contributed by atoms with Gasteiger partial charge in [-0.05, 0) is 37.9 Å². The van der Waals surface area contributed by atoms with E-state index in [9.17, 15) is 0 Å². The van der Waals surface area contributed by atoms with E-state index in [0.29, 0.717) is 17.1 Å². The molecule has 1 nitrogen and oxygen atoms in total. The highest BCUT2D eigenvalue weighted by molar-refractivity contribution is 6.74. The van der Waals surface area contributed by atoms with E-state index in [1.54, 1.807) is 0 Å². The van der Waals surface area contributed by atoms with Crippen molar-refractivity contribution in [3.8, 4) is 0 Å². The predicted molar refractivity (Wildman–Crippen MR) is 71.7 cm³/mol. The number of hydrogen-bond acceptors (Lipinski definition) is 1. The van der Waals surface area contributed by atoms with Gasteiger partial charge in [0.05, 0.1) is 0 Å². The van der Waals surface area contributed by atoms with Crippen LogP contribution < -0.4 is 0 Å². The first-order valence-electron chi connectivity index (χ1n) is 5.92. The van der Waals surface area contributed by atoms with Gasteiger partial charge in [0.15, 0.2) is 8.32 Å². The van der Waals surface area contributed by atoms with E-state index < -0.39 is 8.32 Å². The second kappa shape index (κ2) is 5.31. The molecule has 0 aromatic carbocycles. The van der Waals surface area contributed by atoms with Crippen LogP contribution in [0.1, 0.15) is 41.5 Å². The number of allylic oxidation sites excluding steroid dienone is 1. The van der Waals surface area contributed by atoms with Crippen molar-refractivity contribution in [2.75, 3.05) is 0 Å². The van der Waals surface area contributed by atoms with E-state index in [4.69, 9.17) is 4.43 Å². The molecule has 2 heteroatoms. The van der Waals surface area contributed by atoms with Crippen molar-refractivity contribution in [1.82, 2.24) is 0 Å². The van der Waals surface area contributed by atoms with Gasteiger partial charge >= 0.3 is 0 Å². The van der Waals surface area contributed by atoms with Crippen LogP contribution >= 0.6 is 0 Å². The second-order valence-corrected chi connectivity index (χ2v) is 10.7. The molecule has 0 aliphatic carbocycles. The summed E-state index contributed by atoms with van der Waals surface area (Å²) in [6, 6.07) is 0. The Morgan fingerprint density at radius 3 is 1.93 bits per heavy atom. The molecular weight excluding hydrogens is 200 g/mol. The maximum absolute atomic E-state index is 6.30. The Morgan fingerprint density at radius 2 is 1.60 bits per heavy atom. The van der Waals surface area contributed by atoms with Crippen LogP contribution in [-0.4, -0.2) is 14.4 Å². The summed E-state index contributed by atoms with van der Waals surface area (Å²) in [6.07, 6.45) is 4.65. The summed E-state index contributed by atoms with van der Waals surface area (Å²) >= 11 is 0. The molecule has 0 radical (unpaired) electrons. The summed E-state index contributed by atoms with van der Waals surface area (Å²) in [7, 11) is -1.59. The van der Waals surface area contributed by atoms with Gasteiger partial charge in [-0.3, -0.25) is 0 Å². The Hall–Kier alpha value is -0.0831. The van der Waals surface area contributed by atoms with Crippen LogP contribution in [0.15, 0.2) is 12.2 Å². The number of hydrogen-bond donors (Lipinski definition) is 0. The molecule has 0 saturated heterocycles. The summed E-state index contributed by atoms with van der Waals surface area (Å²) in [4.78, 5) is 0. The minimum absolute atomic E-state index is 0.302. The molecule has 0 aromatic rings. The first-order chi connectivity index (χ1) is 6.62. The monoisotopic (exact) mass is 228 g/mol. The van der Waals surface area contributed by atoms with Gasteiger partial charge in [0, 0.05) is 6.10 Å². The van der Waals surface area contributed by atoms with Gasteiger partial charge in [0.2, 0.25) is 0 Å². The van der Waals surface area contributed by atoms with E-state index in [1.165, 1.54) is 0 Å². The van der Waals surface area contributed by atoms with E-state index >= 15 is 0 Å². The fourth-order valence-electron chi connectivity index (χ4n) is 1.21. The van der Waals surface area contributed by atoms with Crippen molar-refractivity contribution in [2.24, 2.45) is 5.92 Å². The molecule has 0 aromatic heterocycles. The summed E-state index contributed by atoms with van der Waals surface area (Å²) in [6.45, 7) is 17.9. The van der Waals surface area contributed by atoms with Gasteiger partial charge in [-0.25, -0.2) is 0 Å². The van der Waals surface area contributed by atoms with Crippen LogP contribution in [0.5, 0.6) is 0 Å². The SMILES string of the molecule is C/C=C/[C@H](C)[C@@H](C)O[Si](C)(C)C(C)(C)C. The van der Waals surface area contributed by atoms with Crippen LogP contribution in [0.2, 0.25) is 18.1 Å². The quantitative estimate of drug-likeness (QED) is 0.504. The molecule has 0 fully saturated rings. The number of rotatable bonds is 4. The summed E-state index contributed by atoms with van der Waals surface area (Å²) < 4.78 is 6.30. The molecule has 0 aliphatic rings. The third-order valence-corrected chi connectivity index (χ3v) is 8.10. The fraction of sp³-hybridized carbons (Fsp3) is 0.846. The molecule has 0 rings (SSSR count). The Bertz CT molecular complexity index is 213. The molecular formula is C13H28OSi. The van der Waals surface area contributed by atoms with Crippen LogP contribution in [0.25, 0.3) is 0 Å². The van der Waals surface area contributed by atoms with E-state index in [0.717, 1.165) is 0 Å². The zero-order valence-electron chi connectivity index (χ0n) is 11.7. The van der Waals surface area contributed by atoms with Gasteiger partial charge < -0.3 is 4.43 Å². The molecule has 0 spiro atoms. The van der Waals surface area contributed by atoms with Crippen LogP contribution in [0, 0.1) is 5.92 Å². The van der Waals surface area contributed by atoms with Crippen LogP contribution in [0.4, 0.5) is 0 Å². The molecule has 15 heavy (non-hydrogen) atoms. The molecule has 0 unspecified atom stereocenters. The predicted octanol–water partition coefficient (Wildman–Crippen LogP) is 4.61. The minimum atomic E-state index is -1.59. The lowest BCUT2D eigenvalue weighted by molar-refractivity contribution is 0.164. The zero-order chi connectivity index (χ0) is 12.3. The third kappa shape index (κ3) is 4.52. The molecule has 0 N–H and O–H groups in total. The van der Waals surface area contributed by atoms with Crippen molar-refractivity contribution in [1.29, 1.82) is 0 Å². The molecule has 0 heterocycles. The molecule has 0 saturated carbocycles. The normalized spacial score (nSPS) is 18.1. The Labute approximate surface area is 97.0 Å². The molecule has 2 atom stereocenters. The lowest BCUT2D eigenvalue weighted by atomic mass is 10.1. The molecule has 0 bridgehead atoms. The standard InChI is InChI=1S/C13H28OSi/c1-9-10-11(2)12(3)14-15(7,8)13(4,5)6/h9-12H,1-8H3/b10-9+/t11-,12+/m0/s1. The highest BCUT2D eigenvalue weighted by Crippen LogP contribution is 2.38. The summed E-state index contributed by atoms with van der Waals surface area (Å²) in [5.41, 5.74) is 0. The average Bonchev–Trinajstić information content (AvgIpc) is 2.01. The van der Waals surface area contributed by atoms with Gasteiger partial charge in [0.1, 0.15) is 0 Å². The van der Waals surface area contributed by atoms with Gasteiger partial charge in [0.25, 0.3) is 0 Å². The molecule has 0 amide bonds. The topological polar surface area (TPSA) is 9.23 Å². The first kappa shape index (κ1) is 14.9. The smallest absolute Gasteiger partial charge is 0.192 e. The lowest BCUT2D eigenvalue weighted by Crippen LogP contribution is -2.44. The van der Waals surface area contributed by atoms with E-state index in [-0.39, 0.29) is 0 Å². The summed E-state index contributed by atoms with van der Waals surface area (Å²) in [5.74, 6) is 0.504. The van der Waals surface area contributed by atoms with E-state index in [1.807, 2.05) is 0 Å². The van der Waals surface area contributed by atoms with Gasteiger partial charge in [-0.1, -0.05) is 39.8 Å². The van der Waals surface area contributed by atoms with Gasteiger partial charge in [-0.2, -0.15) is 0 Å². The Balaban J connectivity index is 4.46. The van der Waals surface area contributed by atoms with Crippen molar-refractivity contribution >= 4 is 8.32 Å². The Morgan fingerprint density at radius 1 is 1.13 bits per heavy atom. The van der Waals surface area contributed by atoms with Crippen LogP contribution in [-0.2, 0) is 4.43 Å². The Kier molecular flexibility index (Phi) is 5.28. The van der Waals surface area contributed by atoms with Crippen molar-refractivity contribution < 1.29 is 4.43 Å². The van der Waals surface area contributed by atoms with Crippen molar-refractivity contribution in [3.05, 3.63) is 12.2 Å². The zero-order valence-corrected chi connectivity index (χ0v) is 12.7. The third-order valence-electron chi connectivity index (χ3n) is 3.52.